The molecule has 1 saturated heterocycles. The Bertz CT molecular complexity index is 470. The van der Waals surface area contributed by atoms with Gasteiger partial charge in [-0.25, -0.2) is 4.39 Å². The molecule has 0 unspecified atom stereocenters. The molecule has 2 aliphatic rings. The third-order valence-electron chi connectivity index (χ3n) is 5.17. The molecule has 1 aliphatic heterocycles. The first-order valence-corrected chi connectivity index (χ1v) is 8.58. The highest BCUT2D eigenvalue weighted by atomic mass is 35.5. The maximum atomic E-state index is 14.9. The van der Waals surface area contributed by atoms with Crippen LogP contribution in [0.3, 0.4) is 0 Å². The van der Waals surface area contributed by atoms with Crippen LogP contribution in [0.1, 0.15) is 43.7 Å². The molecule has 0 aromatic heterocycles. The van der Waals surface area contributed by atoms with Crippen molar-refractivity contribution in [3.63, 3.8) is 0 Å². The molecule has 1 aromatic rings. The lowest BCUT2D eigenvalue weighted by molar-refractivity contribution is 0.100. The summed E-state index contributed by atoms with van der Waals surface area (Å²) < 4.78 is 20.1. The van der Waals surface area contributed by atoms with E-state index in [1.54, 1.807) is 13.2 Å². The third kappa shape index (κ3) is 4.17. The largest absolute Gasteiger partial charge is 0.494 e. The summed E-state index contributed by atoms with van der Waals surface area (Å²) in [6, 6.07) is 5.79. The normalized spacial score (nSPS) is 21.5. The zero-order chi connectivity index (χ0) is 15.4. The van der Waals surface area contributed by atoms with E-state index in [4.69, 9.17) is 4.74 Å². The fourth-order valence-corrected chi connectivity index (χ4v) is 4.07. The first-order chi connectivity index (χ1) is 10.8. The van der Waals surface area contributed by atoms with Gasteiger partial charge in [-0.1, -0.05) is 31.4 Å². The van der Waals surface area contributed by atoms with Gasteiger partial charge in [-0.2, -0.15) is 0 Å². The van der Waals surface area contributed by atoms with E-state index in [0.717, 1.165) is 31.7 Å². The number of ether oxygens (including phenoxy) is 1. The lowest BCUT2D eigenvalue weighted by atomic mass is 9.80. The lowest BCUT2D eigenvalue weighted by Crippen LogP contribution is -2.47. The summed E-state index contributed by atoms with van der Waals surface area (Å²) in [5.74, 6) is 0.765. The van der Waals surface area contributed by atoms with Crippen LogP contribution in [0, 0.1) is 11.7 Å². The van der Waals surface area contributed by atoms with Crippen LogP contribution >= 0.6 is 12.4 Å². The van der Waals surface area contributed by atoms with Crippen molar-refractivity contribution >= 4 is 12.4 Å². The number of benzene rings is 1. The van der Waals surface area contributed by atoms with Gasteiger partial charge < -0.3 is 10.1 Å². The minimum absolute atomic E-state index is 0. The van der Waals surface area contributed by atoms with Crippen molar-refractivity contribution in [3.8, 4) is 5.75 Å². The molecule has 23 heavy (non-hydrogen) atoms. The lowest BCUT2D eigenvalue weighted by Gasteiger charge is -2.41. The Morgan fingerprint density at radius 3 is 2.52 bits per heavy atom. The molecular formula is C18H28ClFN2O. The first-order valence-electron chi connectivity index (χ1n) is 8.58. The molecule has 3 nitrogen and oxygen atoms in total. The van der Waals surface area contributed by atoms with Crippen molar-refractivity contribution in [1.82, 2.24) is 10.2 Å². The number of rotatable bonds is 4. The Kier molecular flexibility index (Phi) is 7.12. The highest BCUT2D eigenvalue weighted by Crippen LogP contribution is 2.40. The molecule has 130 valence electrons. The second kappa shape index (κ2) is 8.86. The van der Waals surface area contributed by atoms with Crippen molar-refractivity contribution in [1.29, 1.82) is 0 Å². The topological polar surface area (TPSA) is 24.5 Å². The van der Waals surface area contributed by atoms with E-state index in [2.05, 4.69) is 10.2 Å². The zero-order valence-electron chi connectivity index (χ0n) is 13.9. The molecule has 0 amide bonds. The van der Waals surface area contributed by atoms with Crippen LogP contribution in [0.2, 0.25) is 0 Å². The second-order valence-corrected chi connectivity index (χ2v) is 6.49. The molecule has 3 rings (SSSR count). The highest BCUT2D eigenvalue weighted by molar-refractivity contribution is 5.85. The Morgan fingerprint density at radius 2 is 1.87 bits per heavy atom. The van der Waals surface area contributed by atoms with Crippen molar-refractivity contribution in [2.75, 3.05) is 33.3 Å². The average Bonchev–Trinajstić information content (AvgIpc) is 2.59. The maximum absolute atomic E-state index is 14.9. The molecule has 0 spiro atoms. The van der Waals surface area contributed by atoms with Gasteiger partial charge in [0, 0.05) is 37.8 Å². The standard InChI is InChI=1S/C18H27FN2O.ClH/c1-22-16-9-5-8-15(17(16)19)18(14-6-3-2-4-7-14)21-12-10-20-11-13-21;/h5,8-9,14,18,20H,2-4,6-7,10-13H2,1H3;1H/t18-;/m0./s1. The van der Waals surface area contributed by atoms with Crippen LogP contribution in [0.15, 0.2) is 18.2 Å². The molecule has 1 atom stereocenters. The Morgan fingerprint density at radius 1 is 1.17 bits per heavy atom. The summed E-state index contributed by atoms with van der Waals surface area (Å²) in [5, 5.41) is 3.40. The minimum atomic E-state index is -0.167. The van der Waals surface area contributed by atoms with Crippen molar-refractivity contribution < 1.29 is 9.13 Å². The SMILES string of the molecule is COc1cccc([C@H](C2CCCCC2)N2CCNCC2)c1F.Cl. The van der Waals surface area contributed by atoms with E-state index in [1.807, 2.05) is 12.1 Å². The number of methoxy groups -OCH3 is 1. The van der Waals surface area contributed by atoms with E-state index in [9.17, 15) is 4.39 Å². The van der Waals surface area contributed by atoms with E-state index in [1.165, 1.54) is 32.1 Å². The zero-order valence-corrected chi connectivity index (χ0v) is 14.7. The molecule has 0 bridgehead atoms. The second-order valence-electron chi connectivity index (χ2n) is 6.49. The molecule has 1 saturated carbocycles. The fourth-order valence-electron chi connectivity index (χ4n) is 4.07. The number of hydrogen-bond acceptors (Lipinski definition) is 3. The molecule has 1 N–H and O–H groups in total. The van der Waals surface area contributed by atoms with Gasteiger partial charge in [0.1, 0.15) is 0 Å². The summed E-state index contributed by atoms with van der Waals surface area (Å²) in [5.41, 5.74) is 0.827. The minimum Gasteiger partial charge on any atom is -0.494 e. The number of piperazine rings is 1. The number of hydrogen-bond donors (Lipinski definition) is 1. The van der Waals surface area contributed by atoms with Crippen LogP contribution in [0.4, 0.5) is 4.39 Å². The van der Waals surface area contributed by atoms with Gasteiger partial charge in [-0.05, 0) is 24.8 Å². The number of nitrogens with one attached hydrogen (secondary N) is 1. The molecule has 1 aliphatic carbocycles. The predicted molar refractivity (Wildman–Crippen MR) is 94.0 cm³/mol. The van der Waals surface area contributed by atoms with Gasteiger partial charge in [0.25, 0.3) is 0 Å². The Balaban J connectivity index is 0.00000192. The van der Waals surface area contributed by atoms with E-state index in [0.29, 0.717) is 11.7 Å². The molecular weight excluding hydrogens is 315 g/mol. The van der Waals surface area contributed by atoms with E-state index >= 15 is 0 Å². The molecule has 1 heterocycles. The predicted octanol–water partition coefficient (Wildman–Crippen LogP) is 3.78. The molecule has 5 heteroatoms. The van der Waals surface area contributed by atoms with Crippen molar-refractivity contribution in [2.45, 2.75) is 38.1 Å². The van der Waals surface area contributed by atoms with Crippen molar-refractivity contribution in [3.05, 3.63) is 29.6 Å². The smallest absolute Gasteiger partial charge is 0.169 e. The first kappa shape index (κ1) is 18.5. The van der Waals surface area contributed by atoms with Crippen LogP contribution < -0.4 is 10.1 Å². The van der Waals surface area contributed by atoms with Crippen LogP contribution in [-0.2, 0) is 0 Å². The van der Waals surface area contributed by atoms with E-state index < -0.39 is 0 Å². The van der Waals surface area contributed by atoms with Gasteiger partial charge in [0.2, 0.25) is 0 Å². The fraction of sp³-hybridized carbons (Fsp3) is 0.667. The van der Waals surface area contributed by atoms with Gasteiger partial charge in [0.15, 0.2) is 11.6 Å². The van der Waals surface area contributed by atoms with Gasteiger partial charge >= 0.3 is 0 Å². The van der Waals surface area contributed by atoms with E-state index in [-0.39, 0.29) is 24.3 Å². The van der Waals surface area contributed by atoms with Crippen LogP contribution in [0.5, 0.6) is 5.75 Å². The van der Waals surface area contributed by atoms with Gasteiger partial charge in [-0.3, -0.25) is 4.90 Å². The summed E-state index contributed by atoms with van der Waals surface area (Å²) in [6.07, 6.45) is 6.31. The Hall–Kier alpha value is -0.840. The number of nitrogens with zero attached hydrogens (tertiary/aromatic N) is 1. The van der Waals surface area contributed by atoms with Gasteiger partial charge in [0.05, 0.1) is 7.11 Å². The van der Waals surface area contributed by atoms with Crippen LogP contribution in [-0.4, -0.2) is 38.2 Å². The summed E-state index contributed by atoms with van der Waals surface area (Å²) in [4.78, 5) is 2.48. The molecule has 1 aromatic carbocycles. The molecule has 0 radical (unpaired) electrons. The van der Waals surface area contributed by atoms with Crippen LogP contribution in [0.25, 0.3) is 0 Å². The summed E-state index contributed by atoms with van der Waals surface area (Å²) in [6.45, 7) is 3.99. The maximum Gasteiger partial charge on any atom is 0.169 e. The van der Waals surface area contributed by atoms with Crippen molar-refractivity contribution in [2.24, 2.45) is 5.92 Å². The third-order valence-corrected chi connectivity index (χ3v) is 5.17. The number of halogens is 2. The summed E-state index contributed by atoms with van der Waals surface area (Å²) in [7, 11) is 1.54. The van der Waals surface area contributed by atoms with Gasteiger partial charge in [-0.15, -0.1) is 12.4 Å². The average molecular weight is 343 g/mol. The quantitative estimate of drug-likeness (QED) is 0.901. The molecule has 2 fully saturated rings. The summed E-state index contributed by atoms with van der Waals surface area (Å²) >= 11 is 0. The monoisotopic (exact) mass is 342 g/mol. The highest BCUT2D eigenvalue weighted by Gasteiger charge is 2.33. The Labute approximate surface area is 145 Å².